The number of hydrogen-bond donors (Lipinski definition) is 2. The number of H-pyrrole nitrogens is 1. The Morgan fingerprint density at radius 3 is 2.77 bits per heavy atom. The predicted octanol–water partition coefficient (Wildman–Crippen LogP) is 1.26. The van der Waals surface area contributed by atoms with Crippen molar-refractivity contribution in [3.05, 3.63) is 68.9 Å². The fraction of sp³-hybridized carbons (Fsp3) is 0.368. The Morgan fingerprint density at radius 2 is 2.04 bits per heavy atom. The molecule has 7 heteroatoms. The van der Waals surface area contributed by atoms with Gasteiger partial charge in [-0.1, -0.05) is 18.2 Å². The van der Waals surface area contributed by atoms with E-state index in [1.165, 1.54) is 0 Å². The topological polar surface area (TPSA) is 79.1 Å². The Kier molecular flexibility index (Phi) is 4.26. The summed E-state index contributed by atoms with van der Waals surface area (Å²) in [6, 6.07) is 9.70. The fourth-order valence-electron chi connectivity index (χ4n) is 3.71. The van der Waals surface area contributed by atoms with Crippen molar-refractivity contribution in [2.75, 3.05) is 6.54 Å². The summed E-state index contributed by atoms with van der Waals surface area (Å²) >= 11 is 0. The maximum atomic E-state index is 13.1. The molecule has 1 aliphatic heterocycles. The molecule has 0 bridgehead atoms. The van der Waals surface area contributed by atoms with Gasteiger partial charge in [0.25, 0.3) is 5.56 Å². The van der Waals surface area contributed by atoms with Gasteiger partial charge >= 0.3 is 0 Å². The second kappa shape index (κ2) is 6.59. The lowest BCUT2D eigenvalue weighted by Gasteiger charge is -2.26. The summed E-state index contributed by atoms with van der Waals surface area (Å²) in [6.45, 7) is 4.07. The maximum absolute atomic E-state index is 13.1. The molecule has 0 fully saturated rings. The van der Waals surface area contributed by atoms with E-state index in [0.717, 1.165) is 41.2 Å². The Labute approximate surface area is 151 Å². The van der Waals surface area contributed by atoms with Crippen LogP contribution in [0.1, 0.15) is 28.2 Å². The number of hydrogen-bond acceptors (Lipinski definition) is 4. The summed E-state index contributed by atoms with van der Waals surface area (Å²) in [6.07, 6.45) is 0.848. The zero-order chi connectivity index (χ0) is 18.3. The summed E-state index contributed by atoms with van der Waals surface area (Å²) in [5.74, 6) is 0. The SMILES string of the molecule is Cc1c(CN2CCc3[nH]nc(CO)c3C2)c(=O)n(-c2ccccc2)n1C. The zero-order valence-electron chi connectivity index (χ0n) is 15.1. The molecular weight excluding hydrogens is 330 g/mol. The average molecular weight is 353 g/mol. The van der Waals surface area contributed by atoms with Gasteiger partial charge in [0, 0.05) is 50.1 Å². The molecule has 0 amide bonds. The van der Waals surface area contributed by atoms with E-state index in [4.69, 9.17) is 0 Å². The van der Waals surface area contributed by atoms with Crippen molar-refractivity contribution >= 4 is 0 Å². The maximum Gasteiger partial charge on any atom is 0.276 e. The van der Waals surface area contributed by atoms with Gasteiger partial charge in [0.05, 0.1) is 23.6 Å². The third-order valence-corrected chi connectivity index (χ3v) is 5.30. The molecular formula is C19H23N5O2. The van der Waals surface area contributed by atoms with Crippen LogP contribution in [0.5, 0.6) is 0 Å². The normalized spacial score (nSPS) is 14.6. The summed E-state index contributed by atoms with van der Waals surface area (Å²) in [5, 5.41) is 16.6. The number of fused-ring (bicyclic) bond motifs is 1. The Balaban J connectivity index is 1.65. The number of para-hydroxylation sites is 1. The van der Waals surface area contributed by atoms with Crippen LogP contribution in [0.15, 0.2) is 35.1 Å². The van der Waals surface area contributed by atoms with E-state index in [1.807, 2.05) is 49.0 Å². The molecule has 1 aromatic carbocycles. The molecule has 4 rings (SSSR count). The first-order chi connectivity index (χ1) is 12.6. The number of benzene rings is 1. The van der Waals surface area contributed by atoms with Crippen molar-refractivity contribution < 1.29 is 5.11 Å². The van der Waals surface area contributed by atoms with E-state index in [-0.39, 0.29) is 12.2 Å². The number of aliphatic hydroxyl groups is 1. The van der Waals surface area contributed by atoms with Gasteiger partial charge in [-0.2, -0.15) is 5.10 Å². The van der Waals surface area contributed by atoms with Gasteiger partial charge in [0.1, 0.15) is 0 Å². The van der Waals surface area contributed by atoms with Crippen molar-refractivity contribution in [3.63, 3.8) is 0 Å². The second-order valence-electron chi connectivity index (χ2n) is 6.79. The quantitative estimate of drug-likeness (QED) is 0.740. The second-order valence-corrected chi connectivity index (χ2v) is 6.79. The van der Waals surface area contributed by atoms with Gasteiger partial charge in [-0.3, -0.25) is 19.5 Å². The number of aliphatic hydroxyl groups excluding tert-OH is 1. The third kappa shape index (κ3) is 2.69. The van der Waals surface area contributed by atoms with Crippen LogP contribution in [0.2, 0.25) is 0 Å². The molecule has 1 aliphatic rings. The van der Waals surface area contributed by atoms with Crippen LogP contribution in [-0.4, -0.2) is 36.1 Å². The first kappa shape index (κ1) is 16.8. The highest BCUT2D eigenvalue weighted by molar-refractivity contribution is 5.34. The number of aromatic nitrogens is 4. The lowest BCUT2D eigenvalue weighted by Crippen LogP contribution is -2.32. The fourth-order valence-corrected chi connectivity index (χ4v) is 3.71. The smallest absolute Gasteiger partial charge is 0.276 e. The molecule has 3 heterocycles. The van der Waals surface area contributed by atoms with E-state index in [1.54, 1.807) is 4.68 Å². The highest BCUT2D eigenvalue weighted by Gasteiger charge is 2.24. The van der Waals surface area contributed by atoms with E-state index in [2.05, 4.69) is 15.1 Å². The van der Waals surface area contributed by atoms with E-state index in [9.17, 15) is 9.90 Å². The van der Waals surface area contributed by atoms with Gasteiger partial charge in [-0.15, -0.1) is 0 Å². The molecule has 0 aliphatic carbocycles. The van der Waals surface area contributed by atoms with Crippen molar-refractivity contribution in [2.45, 2.75) is 33.0 Å². The first-order valence-corrected chi connectivity index (χ1v) is 8.81. The molecule has 0 spiro atoms. The van der Waals surface area contributed by atoms with E-state index in [0.29, 0.717) is 18.8 Å². The predicted molar refractivity (Wildman–Crippen MR) is 98.1 cm³/mol. The molecule has 3 aromatic rings. The summed E-state index contributed by atoms with van der Waals surface area (Å²) in [4.78, 5) is 15.3. The average Bonchev–Trinajstić information content (AvgIpc) is 3.16. The number of nitrogens with one attached hydrogen (secondary N) is 1. The van der Waals surface area contributed by atoms with Crippen molar-refractivity contribution in [1.82, 2.24) is 24.5 Å². The van der Waals surface area contributed by atoms with Crippen LogP contribution in [-0.2, 0) is 33.2 Å². The Morgan fingerprint density at radius 1 is 1.27 bits per heavy atom. The lowest BCUT2D eigenvalue weighted by molar-refractivity contribution is 0.236. The minimum absolute atomic E-state index is 0.0246. The molecule has 0 saturated heterocycles. The van der Waals surface area contributed by atoms with Crippen LogP contribution >= 0.6 is 0 Å². The van der Waals surface area contributed by atoms with E-state index >= 15 is 0 Å². The molecule has 0 unspecified atom stereocenters. The number of rotatable bonds is 4. The largest absolute Gasteiger partial charge is 0.390 e. The van der Waals surface area contributed by atoms with Crippen LogP contribution in [0.3, 0.4) is 0 Å². The molecule has 136 valence electrons. The lowest BCUT2D eigenvalue weighted by atomic mass is 10.0. The van der Waals surface area contributed by atoms with Gasteiger partial charge in [0.2, 0.25) is 0 Å². The van der Waals surface area contributed by atoms with Crippen molar-refractivity contribution in [3.8, 4) is 5.69 Å². The summed E-state index contributed by atoms with van der Waals surface area (Å²) in [7, 11) is 1.92. The molecule has 0 radical (unpaired) electrons. The molecule has 7 nitrogen and oxygen atoms in total. The van der Waals surface area contributed by atoms with Crippen LogP contribution in [0.4, 0.5) is 0 Å². The molecule has 26 heavy (non-hydrogen) atoms. The highest BCUT2D eigenvalue weighted by atomic mass is 16.3. The minimum Gasteiger partial charge on any atom is -0.390 e. The minimum atomic E-state index is -0.0646. The Hall–Kier alpha value is -2.64. The standard InChI is InChI=1S/C19H23N5O2/c1-13-15(19(26)24(22(13)2)14-6-4-3-5-7-14)10-23-9-8-17-16(11-23)18(12-25)21-20-17/h3-7,25H,8-12H2,1-2H3,(H,20,21). The van der Waals surface area contributed by atoms with Crippen molar-refractivity contribution in [2.24, 2.45) is 7.05 Å². The first-order valence-electron chi connectivity index (χ1n) is 8.81. The Bertz CT molecular complexity index is 970. The number of aromatic amines is 1. The zero-order valence-corrected chi connectivity index (χ0v) is 15.1. The molecule has 2 aromatic heterocycles. The summed E-state index contributed by atoms with van der Waals surface area (Å²) in [5.41, 5.74) is 5.54. The molecule has 0 saturated carbocycles. The molecule has 2 N–H and O–H groups in total. The van der Waals surface area contributed by atoms with Crippen LogP contribution in [0, 0.1) is 6.92 Å². The molecule has 0 atom stereocenters. The van der Waals surface area contributed by atoms with Gasteiger partial charge in [-0.05, 0) is 19.1 Å². The number of nitrogens with zero attached hydrogens (tertiary/aromatic N) is 4. The van der Waals surface area contributed by atoms with Gasteiger partial charge < -0.3 is 5.11 Å². The van der Waals surface area contributed by atoms with Crippen molar-refractivity contribution in [1.29, 1.82) is 0 Å². The van der Waals surface area contributed by atoms with Gasteiger partial charge in [-0.25, -0.2) is 4.68 Å². The van der Waals surface area contributed by atoms with Crippen LogP contribution < -0.4 is 5.56 Å². The third-order valence-electron chi connectivity index (χ3n) is 5.30. The summed E-state index contributed by atoms with van der Waals surface area (Å²) < 4.78 is 3.64. The van der Waals surface area contributed by atoms with Crippen LogP contribution in [0.25, 0.3) is 5.69 Å². The monoisotopic (exact) mass is 353 g/mol. The van der Waals surface area contributed by atoms with E-state index < -0.39 is 0 Å². The highest BCUT2D eigenvalue weighted by Crippen LogP contribution is 2.22. The van der Waals surface area contributed by atoms with Gasteiger partial charge in [0.15, 0.2) is 0 Å².